The molecule has 2 rings (SSSR count). The Morgan fingerprint density at radius 3 is 2.74 bits per heavy atom. The number of ether oxygens (including phenoxy) is 1. The Hall–Kier alpha value is -2.01. The molecule has 0 fully saturated rings. The maximum absolute atomic E-state index is 5.38. The van der Waals surface area contributed by atoms with Gasteiger partial charge in [-0.2, -0.15) is 0 Å². The van der Waals surface area contributed by atoms with Crippen molar-refractivity contribution in [2.24, 2.45) is 4.99 Å². The number of aliphatic imine (C=N–C) groups is 1. The van der Waals surface area contributed by atoms with Gasteiger partial charge in [-0.25, -0.2) is 0 Å². The highest BCUT2D eigenvalue weighted by Crippen LogP contribution is 2.19. The molecule has 0 aliphatic rings. The Morgan fingerprint density at radius 1 is 1.22 bits per heavy atom. The molecule has 0 aliphatic heterocycles. The molecule has 124 valence electrons. The van der Waals surface area contributed by atoms with Crippen molar-refractivity contribution in [2.45, 2.75) is 19.3 Å². The number of rotatable bonds is 7. The van der Waals surface area contributed by atoms with Crippen LogP contribution in [0.2, 0.25) is 0 Å². The minimum absolute atomic E-state index is 0.475. The summed E-state index contributed by atoms with van der Waals surface area (Å²) >= 11 is 1.80. The van der Waals surface area contributed by atoms with Gasteiger partial charge in [0.15, 0.2) is 5.96 Å². The molecule has 1 heterocycles. The van der Waals surface area contributed by atoms with Crippen LogP contribution >= 0.6 is 11.3 Å². The van der Waals surface area contributed by atoms with Crippen molar-refractivity contribution in [1.82, 2.24) is 10.6 Å². The maximum atomic E-state index is 5.38. The van der Waals surface area contributed by atoms with Crippen LogP contribution in [-0.4, -0.2) is 33.2 Å². The number of nitrogens with zero attached hydrogens (tertiary/aromatic N) is 1. The highest BCUT2D eigenvalue weighted by molar-refractivity contribution is 7.10. The lowest BCUT2D eigenvalue weighted by atomic mass is 10.1. The van der Waals surface area contributed by atoms with Crippen LogP contribution in [0, 0.1) is 0 Å². The average molecular weight is 331 g/mol. The van der Waals surface area contributed by atoms with Crippen molar-refractivity contribution in [3.63, 3.8) is 0 Å². The molecule has 23 heavy (non-hydrogen) atoms. The molecule has 0 radical (unpaired) electrons. The normalized spacial score (nSPS) is 12.7. The lowest BCUT2D eigenvalue weighted by Crippen LogP contribution is -2.39. The Balaban J connectivity index is 1.77. The summed E-state index contributed by atoms with van der Waals surface area (Å²) in [6, 6.07) is 12.4. The first kappa shape index (κ1) is 17.3. The lowest BCUT2D eigenvalue weighted by Gasteiger charge is -2.15. The smallest absolute Gasteiger partial charge is 0.191 e. The van der Waals surface area contributed by atoms with Crippen LogP contribution in [0.5, 0.6) is 5.75 Å². The first-order chi connectivity index (χ1) is 11.2. The minimum Gasteiger partial charge on any atom is -0.496 e. The van der Waals surface area contributed by atoms with Crippen LogP contribution in [0.1, 0.15) is 23.3 Å². The number of hydrogen-bond acceptors (Lipinski definition) is 3. The zero-order valence-corrected chi connectivity index (χ0v) is 14.8. The van der Waals surface area contributed by atoms with Crippen LogP contribution in [-0.2, 0) is 6.42 Å². The summed E-state index contributed by atoms with van der Waals surface area (Å²) < 4.78 is 5.38. The SMILES string of the molecule is CN=C(NCCc1ccccc1OC)NCC(C)c1cccs1. The van der Waals surface area contributed by atoms with Crippen LogP contribution in [0.4, 0.5) is 0 Å². The van der Waals surface area contributed by atoms with Crippen molar-refractivity contribution in [1.29, 1.82) is 0 Å². The van der Waals surface area contributed by atoms with Crippen LogP contribution in [0.3, 0.4) is 0 Å². The molecule has 2 aromatic rings. The number of benzene rings is 1. The van der Waals surface area contributed by atoms with Gasteiger partial charge in [-0.1, -0.05) is 31.2 Å². The van der Waals surface area contributed by atoms with E-state index in [1.807, 2.05) is 18.2 Å². The van der Waals surface area contributed by atoms with Crippen molar-refractivity contribution < 1.29 is 4.74 Å². The Labute approximate surface area is 142 Å². The van der Waals surface area contributed by atoms with Gasteiger partial charge in [0, 0.05) is 30.9 Å². The molecule has 5 heteroatoms. The van der Waals surface area contributed by atoms with Crippen molar-refractivity contribution in [3.05, 3.63) is 52.2 Å². The van der Waals surface area contributed by atoms with E-state index in [2.05, 4.69) is 46.1 Å². The first-order valence-corrected chi connectivity index (χ1v) is 8.72. The molecule has 2 N–H and O–H groups in total. The van der Waals surface area contributed by atoms with E-state index < -0.39 is 0 Å². The molecule has 0 saturated carbocycles. The number of methoxy groups -OCH3 is 1. The fourth-order valence-electron chi connectivity index (χ4n) is 2.37. The molecule has 0 bridgehead atoms. The third kappa shape index (κ3) is 5.28. The number of guanidine groups is 1. The van der Waals surface area contributed by atoms with E-state index in [4.69, 9.17) is 4.74 Å². The van der Waals surface area contributed by atoms with Gasteiger partial charge in [0.1, 0.15) is 5.75 Å². The highest BCUT2D eigenvalue weighted by Gasteiger charge is 2.07. The predicted molar refractivity (Wildman–Crippen MR) is 98.8 cm³/mol. The fraction of sp³-hybridized carbons (Fsp3) is 0.389. The summed E-state index contributed by atoms with van der Waals surface area (Å²) in [5, 5.41) is 8.86. The summed E-state index contributed by atoms with van der Waals surface area (Å²) in [5.41, 5.74) is 1.20. The molecule has 0 saturated heterocycles. The fourth-order valence-corrected chi connectivity index (χ4v) is 3.15. The van der Waals surface area contributed by atoms with Gasteiger partial charge in [0.2, 0.25) is 0 Å². The van der Waals surface area contributed by atoms with Crippen LogP contribution in [0.25, 0.3) is 0 Å². The van der Waals surface area contributed by atoms with Crippen LogP contribution < -0.4 is 15.4 Å². The van der Waals surface area contributed by atoms with E-state index >= 15 is 0 Å². The van der Waals surface area contributed by atoms with E-state index in [0.29, 0.717) is 5.92 Å². The molecule has 1 aromatic heterocycles. The summed E-state index contributed by atoms with van der Waals surface area (Å²) in [4.78, 5) is 5.67. The molecule has 0 amide bonds. The zero-order chi connectivity index (χ0) is 16.5. The number of para-hydroxylation sites is 1. The molecule has 4 nitrogen and oxygen atoms in total. The van der Waals surface area contributed by atoms with Gasteiger partial charge in [0.05, 0.1) is 7.11 Å². The summed E-state index contributed by atoms with van der Waals surface area (Å²) in [7, 11) is 3.51. The Kier molecular flexibility index (Phi) is 6.94. The molecular weight excluding hydrogens is 306 g/mol. The largest absolute Gasteiger partial charge is 0.496 e. The van der Waals surface area contributed by atoms with E-state index in [9.17, 15) is 0 Å². The maximum Gasteiger partial charge on any atom is 0.191 e. The van der Waals surface area contributed by atoms with E-state index in [-0.39, 0.29) is 0 Å². The van der Waals surface area contributed by atoms with E-state index in [1.54, 1.807) is 25.5 Å². The summed E-state index contributed by atoms with van der Waals surface area (Å²) in [5.74, 6) is 2.25. The number of thiophene rings is 1. The second kappa shape index (κ2) is 9.20. The van der Waals surface area contributed by atoms with Crippen LogP contribution in [0.15, 0.2) is 46.8 Å². The average Bonchev–Trinajstić information content (AvgIpc) is 3.12. The molecule has 1 aromatic carbocycles. The lowest BCUT2D eigenvalue weighted by molar-refractivity contribution is 0.409. The van der Waals surface area contributed by atoms with E-state index in [0.717, 1.165) is 31.2 Å². The third-order valence-electron chi connectivity index (χ3n) is 3.71. The minimum atomic E-state index is 0.475. The van der Waals surface area contributed by atoms with Gasteiger partial charge in [-0.05, 0) is 29.5 Å². The zero-order valence-electron chi connectivity index (χ0n) is 14.0. The van der Waals surface area contributed by atoms with E-state index in [1.165, 1.54) is 10.4 Å². The molecule has 1 atom stereocenters. The topological polar surface area (TPSA) is 45.7 Å². The van der Waals surface area contributed by atoms with Gasteiger partial charge in [-0.3, -0.25) is 4.99 Å². The predicted octanol–water partition coefficient (Wildman–Crippen LogP) is 3.27. The second-order valence-corrected chi connectivity index (χ2v) is 6.34. The molecule has 1 unspecified atom stereocenters. The summed E-state index contributed by atoms with van der Waals surface area (Å²) in [6.45, 7) is 3.91. The highest BCUT2D eigenvalue weighted by atomic mass is 32.1. The van der Waals surface area contributed by atoms with Gasteiger partial charge in [-0.15, -0.1) is 11.3 Å². The number of nitrogens with one attached hydrogen (secondary N) is 2. The quantitative estimate of drug-likeness (QED) is 0.605. The standard InChI is InChI=1S/C18H25N3OS/c1-14(17-9-6-12-23-17)13-21-18(19-2)20-11-10-15-7-4-5-8-16(15)22-3/h4-9,12,14H,10-11,13H2,1-3H3,(H2,19,20,21). The van der Waals surface area contributed by atoms with Gasteiger partial charge >= 0.3 is 0 Å². The molecular formula is C18H25N3OS. The first-order valence-electron chi connectivity index (χ1n) is 7.84. The van der Waals surface area contributed by atoms with Crippen molar-refractivity contribution in [3.8, 4) is 5.75 Å². The molecule has 0 spiro atoms. The monoisotopic (exact) mass is 331 g/mol. The van der Waals surface area contributed by atoms with Crippen molar-refractivity contribution >= 4 is 17.3 Å². The Morgan fingerprint density at radius 2 is 2.04 bits per heavy atom. The second-order valence-electron chi connectivity index (χ2n) is 5.36. The molecule has 0 aliphatic carbocycles. The van der Waals surface area contributed by atoms with Gasteiger partial charge in [0.25, 0.3) is 0 Å². The Bertz CT molecular complexity index is 610. The van der Waals surface area contributed by atoms with Gasteiger partial charge < -0.3 is 15.4 Å². The van der Waals surface area contributed by atoms with Crippen molar-refractivity contribution in [2.75, 3.05) is 27.2 Å². The number of hydrogen-bond donors (Lipinski definition) is 2. The summed E-state index contributed by atoms with van der Waals surface area (Å²) in [6.07, 6.45) is 0.894. The third-order valence-corrected chi connectivity index (χ3v) is 4.81.